The Morgan fingerprint density at radius 3 is 2.80 bits per heavy atom. The number of carbonyl (C=O) groups excluding carboxylic acids is 1. The van der Waals surface area contributed by atoms with Crippen LogP contribution in [0.15, 0.2) is 42.7 Å². The molecule has 0 atom stereocenters. The van der Waals surface area contributed by atoms with Gasteiger partial charge in [0, 0.05) is 18.7 Å². The van der Waals surface area contributed by atoms with Crippen LogP contribution in [0.25, 0.3) is 16.9 Å². The standard InChI is InChI=1S/C17H18N7O5P/c18-17-14(24-10-11(8-20-24)23-6-5-19-9-16(23)25)7-13(21-22-17)12-3-1-2-4-15(12)29-30(26,27)28/h1-4,7-8,10,19H,5-6,9H2,(H2,18,22)(H2,26,27,28). The molecule has 1 fully saturated rings. The first-order valence-electron chi connectivity index (χ1n) is 8.86. The second-order valence-electron chi connectivity index (χ2n) is 6.44. The zero-order valence-electron chi connectivity index (χ0n) is 15.5. The van der Waals surface area contributed by atoms with Gasteiger partial charge in [0.2, 0.25) is 5.91 Å². The fourth-order valence-electron chi connectivity index (χ4n) is 3.06. The van der Waals surface area contributed by atoms with Crippen molar-refractivity contribution in [3.05, 3.63) is 42.7 Å². The van der Waals surface area contributed by atoms with E-state index < -0.39 is 7.82 Å². The Labute approximate surface area is 170 Å². The maximum Gasteiger partial charge on any atom is 0.524 e. The molecule has 0 spiro atoms. The van der Waals surface area contributed by atoms with Gasteiger partial charge in [-0.2, -0.15) is 5.10 Å². The first-order valence-corrected chi connectivity index (χ1v) is 10.4. The van der Waals surface area contributed by atoms with Crippen LogP contribution < -0.4 is 20.5 Å². The lowest BCUT2D eigenvalue weighted by atomic mass is 10.1. The van der Waals surface area contributed by atoms with Crippen LogP contribution in [0.5, 0.6) is 5.75 Å². The number of nitrogen functional groups attached to an aromatic ring is 1. The number of hydrogen-bond donors (Lipinski definition) is 4. The highest BCUT2D eigenvalue weighted by molar-refractivity contribution is 7.46. The molecule has 4 rings (SSSR count). The molecule has 0 radical (unpaired) electrons. The lowest BCUT2D eigenvalue weighted by Crippen LogP contribution is -2.48. The van der Waals surface area contributed by atoms with E-state index in [4.69, 9.17) is 20.0 Å². The van der Waals surface area contributed by atoms with Gasteiger partial charge in [-0.25, -0.2) is 9.25 Å². The maximum absolute atomic E-state index is 12.1. The minimum absolute atomic E-state index is 0.0524. The third kappa shape index (κ3) is 4.16. The van der Waals surface area contributed by atoms with Crippen LogP contribution in [-0.2, 0) is 9.36 Å². The third-order valence-corrected chi connectivity index (χ3v) is 4.83. The lowest BCUT2D eigenvalue weighted by Gasteiger charge is -2.25. The Bertz CT molecular complexity index is 1150. The number of para-hydroxylation sites is 1. The van der Waals surface area contributed by atoms with E-state index in [0.717, 1.165) is 0 Å². The second-order valence-corrected chi connectivity index (χ2v) is 7.61. The monoisotopic (exact) mass is 431 g/mol. The molecule has 1 aliphatic heterocycles. The van der Waals surface area contributed by atoms with Crippen molar-refractivity contribution in [2.45, 2.75) is 0 Å². The van der Waals surface area contributed by atoms with Gasteiger partial charge in [-0.15, -0.1) is 10.2 Å². The molecule has 156 valence electrons. The van der Waals surface area contributed by atoms with E-state index in [1.54, 1.807) is 41.6 Å². The van der Waals surface area contributed by atoms with Crippen LogP contribution in [0, 0.1) is 0 Å². The number of carbonyl (C=O) groups is 1. The summed E-state index contributed by atoms with van der Waals surface area (Å²) in [6.07, 6.45) is 3.20. The smallest absolute Gasteiger partial charge is 0.404 e. The summed E-state index contributed by atoms with van der Waals surface area (Å²) in [5, 5.41) is 15.2. The Hall–Kier alpha value is -3.31. The number of phosphoric ester groups is 1. The number of benzene rings is 1. The number of anilines is 2. The van der Waals surface area contributed by atoms with Crippen LogP contribution in [0.1, 0.15) is 0 Å². The van der Waals surface area contributed by atoms with Crippen LogP contribution >= 0.6 is 7.82 Å². The van der Waals surface area contributed by atoms with Crippen molar-refractivity contribution in [2.24, 2.45) is 0 Å². The van der Waals surface area contributed by atoms with E-state index in [-0.39, 0.29) is 29.7 Å². The van der Waals surface area contributed by atoms with E-state index >= 15 is 0 Å². The average molecular weight is 431 g/mol. The Balaban J connectivity index is 1.71. The molecule has 12 nitrogen and oxygen atoms in total. The Kier molecular flexibility index (Phi) is 5.22. The van der Waals surface area contributed by atoms with E-state index in [2.05, 4.69) is 20.6 Å². The molecule has 1 aromatic carbocycles. The predicted molar refractivity (Wildman–Crippen MR) is 107 cm³/mol. The average Bonchev–Trinajstić information content (AvgIpc) is 3.18. The number of nitrogens with one attached hydrogen (secondary N) is 1. The van der Waals surface area contributed by atoms with Gasteiger partial charge < -0.3 is 20.5 Å². The molecule has 1 amide bonds. The minimum Gasteiger partial charge on any atom is -0.404 e. The maximum atomic E-state index is 12.1. The number of aromatic nitrogens is 4. The highest BCUT2D eigenvalue weighted by atomic mass is 31.2. The van der Waals surface area contributed by atoms with Gasteiger partial charge in [0.05, 0.1) is 30.3 Å². The molecule has 2 aromatic heterocycles. The molecule has 0 bridgehead atoms. The topological polar surface area (TPSA) is 169 Å². The van der Waals surface area contributed by atoms with Crippen molar-refractivity contribution in [2.75, 3.05) is 30.3 Å². The predicted octanol–water partition coefficient (Wildman–Crippen LogP) is 0.319. The van der Waals surface area contributed by atoms with Crippen LogP contribution in [0.3, 0.4) is 0 Å². The molecule has 0 aliphatic carbocycles. The third-order valence-electron chi connectivity index (χ3n) is 4.40. The first-order chi connectivity index (χ1) is 14.3. The molecule has 0 unspecified atom stereocenters. The summed E-state index contributed by atoms with van der Waals surface area (Å²) < 4.78 is 17.5. The fourth-order valence-corrected chi connectivity index (χ4v) is 3.47. The summed E-state index contributed by atoms with van der Waals surface area (Å²) in [7, 11) is -4.77. The van der Waals surface area contributed by atoms with Crippen molar-refractivity contribution in [3.63, 3.8) is 0 Å². The highest BCUT2D eigenvalue weighted by Crippen LogP contribution is 2.42. The summed E-state index contributed by atoms with van der Waals surface area (Å²) in [5.41, 5.74) is 7.57. The van der Waals surface area contributed by atoms with Crippen molar-refractivity contribution < 1.29 is 23.7 Å². The summed E-state index contributed by atoms with van der Waals surface area (Å²) >= 11 is 0. The fraction of sp³-hybridized carbons (Fsp3) is 0.176. The molecule has 1 aliphatic rings. The number of phosphoric acid groups is 1. The second kappa shape index (κ2) is 7.84. The molecule has 13 heteroatoms. The molecule has 1 saturated heterocycles. The largest absolute Gasteiger partial charge is 0.524 e. The molecular formula is C17H18N7O5P. The van der Waals surface area contributed by atoms with Crippen molar-refractivity contribution >= 4 is 25.2 Å². The summed E-state index contributed by atoms with van der Waals surface area (Å²) in [5.74, 6) is -0.0253. The Morgan fingerprint density at radius 2 is 2.03 bits per heavy atom. The van der Waals surface area contributed by atoms with E-state index in [9.17, 15) is 9.36 Å². The Morgan fingerprint density at radius 1 is 1.23 bits per heavy atom. The summed E-state index contributed by atoms with van der Waals surface area (Å²) in [6.45, 7) is 1.45. The molecule has 30 heavy (non-hydrogen) atoms. The van der Waals surface area contributed by atoms with Crippen LogP contribution in [0.2, 0.25) is 0 Å². The summed E-state index contributed by atoms with van der Waals surface area (Å²) in [6, 6.07) is 7.81. The van der Waals surface area contributed by atoms with E-state index in [1.165, 1.54) is 10.7 Å². The van der Waals surface area contributed by atoms with Gasteiger partial charge in [-0.05, 0) is 18.2 Å². The van der Waals surface area contributed by atoms with Gasteiger partial charge in [0.25, 0.3) is 0 Å². The molecule has 5 N–H and O–H groups in total. The van der Waals surface area contributed by atoms with Gasteiger partial charge in [0.1, 0.15) is 11.4 Å². The normalized spacial score (nSPS) is 14.7. The van der Waals surface area contributed by atoms with Crippen LogP contribution in [-0.4, -0.2) is 55.3 Å². The van der Waals surface area contributed by atoms with E-state index in [1.807, 2.05) is 0 Å². The minimum atomic E-state index is -4.77. The number of hydrogen-bond acceptors (Lipinski definition) is 8. The van der Waals surface area contributed by atoms with Crippen molar-refractivity contribution in [1.82, 2.24) is 25.3 Å². The number of nitrogens with two attached hydrogens (primary N) is 1. The van der Waals surface area contributed by atoms with Gasteiger partial charge in [-0.1, -0.05) is 12.1 Å². The molecular weight excluding hydrogens is 413 g/mol. The van der Waals surface area contributed by atoms with Gasteiger partial charge >= 0.3 is 7.82 Å². The quantitative estimate of drug-likeness (QED) is 0.413. The number of rotatable bonds is 5. The number of nitrogens with zero attached hydrogens (tertiary/aromatic N) is 5. The highest BCUT2D eigenvalue weighted by Gasteiger charge is 2.22. The number of amides is 1. The number of piperazine rings is 1. The van der Waals surface area contributed by atoms with Crippen molar-refractivity contribution in [1.29, 1.82) is 0 Å². The van der Waals surface area contributed by atoms with E-state index in [0.29, 0.717) is 30.0 Å². The molecule has 0 saturated carbocycles. The zero-order chi connectivity index (χ0) is 21.3. The molecule has 3 heterocycles. The zero-order valence-corrected chi connectivity index (χ0v) is 16.4. The van der Waals surface area contributed by atoms with Crippen LogP contribution in [0.4, 0.5) is 11.5 Å². The molecule has 3 aromatic rings. The first kappa shape index (κ1) is 20.0. The lowest BCUT2D eigenvalue weighted by molar-refractivity contribution is -0.118. The summed E-state index contributed by atoms with van der Waals surface area (Å²) in [4.78, 5) is 32.0. The van der Waals surface area contributed by atoms with Crippen molar-refractivity contribution in [3.8, 4) is 22.7 Å². The van der Waals surface area contributed by atoms with Gasteiger partial charge in [-0.3, -0.25) is 14.6 Å². The SMILES string of the molecule is Nc1nnc(-c2ccccc2OP(=O)(O)O)cc1-n1cc(N2CCNCC2=O)cn1. The van der Waals surface area contributed by atoms with Gasteiger partial charge in [0.15, 0.2) is 5.82 Å².